The number of pyridine rings is 1. The van der Waals surface area contributed by atoms with Crippen molar-refractivity contribution in [2.45, 2.75) is 37.9 Å². The van der Waals surface area contributed by atoms with E-state index in [9.17, 15) is 9.59 Å². The summed E-state index contributed by atoms with van der Waals surface area (Å²) >= 11 is 1.18. The molecule has 1 unspecified atom stereocenters. The van der Waals surface area contributed by atoms with Crippen molar-refractivity contribution in [2.24, 2.45) is 0 Å². The highest BCUT2D eigenvalue weighted by Crippen LogP contribution is 2.21. The molecule has 0 radical (unpaired) electrons. The molecule has 2 fully saturated rings. The lowest BCUT2D eigenvalue weighted by molar-refractivity contribution is -0.135. The minimum atomic E-state index is -0.410. The predicted octanol–water partition coefficient (Wildman–Crippen LogP) is 1.80. The van der Waals surface area contributed by atoms with Gasteiger partial charge in [0.25, 0.3) is 5.24 Å². The molecule has 1 aromatic rings. The number of amides is 2. The highest BCUT2D eigenvalue weighted by atomic mass is 35.5. The molecule has 2 N–H and O–H groups in total. The Hall–Kier alpha value is -1.31. The van der Waals surface area contributed by atoms with E-state index in [0.717, 1.165) is 38.0 Å². The number of hydrogen-bond acceptors (Lipinski definition) is 5. The van der Waals surface area contributed by atoms with Gasteiger partial charge in [-0.25, -0.2) is 0 Å². The van der Waals surface area contributed by atoms with Gasteiger partial charge in [0.05, 0.1) is 12.2 Å². The van der Waals surface area contributed by atoms with E-state index in [1.165, 1.54) is 11.8 Å². The van der Waals surface area contributed by atoms with E-state index in [2.05, 4.69) is 15.6 Å². The fraction of sp³-hybridized carbons (Fsp3) is 0.562. The molecule has 0 aromatic carbocycles. The normalized spacial score (nSPS) is 23.8. The van der Waals surface area contributed by atoms with Crippen molar-refractivity contribution >= 4 is 35.3 Å². The third-order valence-corrected chi connectivity index (χ3v) is 5.18. The summed E-state index contributed by atoms with van der Waals surface area (Å²) in [7, 11) is 0. The van der Waals surface area contributed by atoms with Gasteiger partial charge in [0.1, 0.15) is 6.04 Å². The monoisotopic (exact) mass is 370 g/mol. The number of carbonyl (C=O) groups is 2. The molecule has 0 spiro atoms. The van der Waals surface area contributed by atoms with Gasteiger partial charge in [0.2, 0.25) is 5.91 Å². The highest BCUT2D eigenvalue weighted by molar-refractivity contribution is 8.14. The Bertz CT molecular complexity index is 552. The van der Waals surface area contributed by atoms with Gasteiger partial charge >= 0.3 is 0 Å². The molecule has 24 heavy (non-hydrogen) atoms. The van der Waals surface area contributed by atoms with Crippen LogP contribution in [0.4, 0.5) is 4.79 Å². The summed E-state index contributed by atoms with van der Waals surface area (Å²) in [5.41, 5.74) is 0.884. The predicted molar refractivity (Wildman–Crippen MR) is 97.3 cm³/mol. The second-order valence-electron chi connectivity index (χ2n) is 5.92. The summed E-state index contributed by atoms with van der Waals surface area (Å²) in [6.07, 6.45) is 4.73. The molecule has 0 saturated carbocycles. The number of halogens is 1. The highest BCUT2D eigenvalue weighted by Gasteiger charge is 2.34. The third-order valence-electron chi connectivity index (χ3n) is 4.30. The van der Waals surface area contributed by atoms with Gasteiger partial charge in [-0.05, 0) is 44.5 Å². The number of nitrogens with one attached hydrogen (secondary N) is 2. The first kappa shape index (κ1) is 19.0. The summed E-state index contributed by atoms with van der Waals surface area (Å²) in [6, 6.07) is 5.54. The van der Waals surface area contributed by atoms with E-state index in [1.54, 1.807) is 6.20 Å². The molecule has 3 heterocycles. The Morgan fingerprint density at radius 2 is 2.21 bits per heavy atom. The molecule has 1 aromatic heterocycles. The van der Waals surface area contributed by atoms with E-state index >= 15 is 0 Å². The van der Waals surface area contributed by atoms with Crippen molar-refractivity contribution in [1.29, 1.82) is 0 Å². The van der Waals surface area contributed by atoms with Crippen LogP contribution in [0, 0.1) is 0 Å². The average Bonchev–Trinajstić information content (AvgIpc) is 2.84. The Labute approximate surface area is 152 Å². The fourth-order valence-corrected chi connectivity index (χ4v) is 3.85. The Morgan fingerprint density at radius 1 is 1.33 bits per heavy atom. The zero-order valence-electron chi connectivity index (χ0n) is 13.4. The third kappa shape index (κ3) is 4.84. The van der Waals surface area contributed by atoms with Crippen LogP contribution in [0.3, 0.4) is 0 Å². The Kier molecular flexibility index (Phi) is 7.33. The fourth-order valence-electron chi connectivity index (χ4n) is 3.08. The summed E-state index contributed by atoms with van der Waals surface area (Å²) in [6.45, 7) is 2.42. The van der Waals surface area contributed by atoms with Gasteiger partial charge in [-0.15, -0.1) is 12.4 Å². The largest absolute Gasteiger partial charge is 0.334 e. The van der Waals surface area contributed by atoms with Crippen molar-refractivity contribution in [3.05, 3.63) is 30.1 Å². The second kappa shape index (κ2) is 9.25. The van der Waals surface area contributed by atoms with E-state index in [0.29, 0.717) is 12.3 Å². The van der Waals surface area contributed by atoms with Crippen LogP contribution in [0.5, 0.6) is 0 Å². The molecule has 2 amide bonds. The van der Waals surface area contributed by atoms with Gasteiger partial charge in [-0.2, -0.15) is 0 Å². The SMILES string of the molecule is Cl.O=C1N[C@H](C(=O)N(Cc2ccccn2)C2CCCNCC2)CS1. The first-order valence-electron chi connectivity index (χ1n) is 8.08. The maximum absolute atomic E-state index is 13.0. The smallest absolute Gasteiger partial charge is 0.279 e. The maximum Gasteiger partial charge on any atom is 0.279 e. The van der Waals surface area contributed by atoms with Crippen LogP contribution in [-0.4, -0.2) is 52.0 Å². The van der Waals surface area contributed by atoms with Gasteiger partial charge < -0.3 is 15.5 Å². The lowest BCUT2D eigenvalue weighted by Gasteiger charge is -2.32. The van der Waals surface area contributed by atoms with Crippen molar-refractivity contribution < 1.29 is 9.59 Å². The van der Waals surface area contributed by atoms with Gasteiger partial charge in [0, 0.05) is 18.0 Å². The van der Waals surface area contributed by atoms with E-state index in [-0.39, 0.29) is 29.6 Å². The molecule has 2 aliphatic heterocycles. The lowest BCUT2D eigenvalue weighted by Crippen LogP contribution is -2.49. The number of aromatic nitrogens is 1. The molecule has 3 rings (SSSR count). The topological polar surface area (TPSA) is 74.3 Å². The van der Waals surface area contributed by atoms with Crippen LogP contribution in [0.2, 0.25) is 0 Å². The molecular formula is C16H23ClN4O2S. The van der Waals surface area contributed by atoms with Crippen molar-refractivity contribution in [3.8, 4) is 0 Å². The summed E-state index contributed by atoms with van der Waals surface area (Å²) in [5.74, 6) is 0.530. The van der Waals surface area contributed by atoms with Gasteiger partial charge in [-0.1, -0.05) is 17.8 Å². The van der Waals surface area contributed by atoms with Crippen molar-refractivity contribution in [1.82, 2.24) is 20.5 Å². The van der Waals surface area contributed by atoms with Crippen LogP contribution >= 0.6 is 24.2 Å². The zero-order valence-corrected chi connectivity index (χ0v) is 15.1. The average molecular weight is 371 g/mol. The summed E-state index contributed by atoms with van der Waals surface area (Å²) < 4.78 is 0. The molecule has 2 aliphatic rings. The number of nitrogens with zero attached hydrogens (tertiary/aromatic N) is 2. The van der Waals surface area contributed by atoms with Crippen LogP contribution < -0.4 is 10.6 Å². The molecule has 0 bridgehead atoms. The first-order valence-corrected chi connectivity index (χ1v) is 9.07. The molecule has 2 saturated heterocycles. The molecule has 6 nitrogen and oxygen atoms in total. The summed E-state index contributed by atoms with van der Waals surface area (Å²) in [4.78, 5) is 30.7. The van der Waals surface area contributed by atoms with Crippen LogP contribution in [0.15, 0.2) is 24.4 Å². The standard InChI is InChI=1S/C16H22N4O2S.ClH/c21-15(14-11-23-16(22)19-14)20(10-12-4-1-2-8-18-12)13-5-3-7-17-9-6-13;/h1-2,4,8,13-14,17H,3,5-7,9-11H2,(H,19,22);1H/t13?,14-;/m0./s1. The van der Waals surface area contributed by atoms with Gasteiger partial charge in [0.15, 0.2) is 0 Å². The first-order chi connectivity index (χ1) is 11.2. The second-order valence-corrected chi connectivity index (χ2v) is 6.91. The van der Waals surface area contributed by atoms with Crippen LogP contribution in [0.25, 0.3) is 0 Å². The Balaban J connectivity index is 0.00000208. The number of rotatable bonds is 4. The van der Waals surface area contributed by atoms with E-state index in [4.69, 9.17) is 0 Å². The molecular weight excluding hydrogens is 348 g/mol. The van der Waals surface area contributed by atoms with Crippen molar-refractivity contribution in [2.75, 3.05) is 18.8 Å². The van der Waals surface area contributed by atoms with Crippen LogP contribution in [-0.2, 0) is 11.3 Å². The van der Waals surface area contributed by atoms with Crippen LogP contribution in [0.1, 0.15) is 25.0 Å². The number of carbonyl (C=O) groups excluding carboxylic acids is 2. The molecule has 2 atom stereocenters. The molecule has 0 aliphatic carbocycles. The lowest BCUT2D eigenvalue weighted by atomic mass is 10.1. The van der Waals surface area contributed by atoms with Gasteiger partial charge in [-0.3, -0.25) is 14.6 Å². The number of hydrogen-bond donors (Lipinski definition) is 2. The minimum Gasteiger partial charge on any atom is -0.334 e. The quantitative estimate of drug-likeness (QED) is 0.845. The van der Waals surface area contributed by atoms with Crippen molar-refractivity contribution in [3.63, 3.8) is 0 Å². The van der Waals surface area contributed by atoms with E-state index < -0.39 is 6.04 Å². The molecule has 132 valence electrons. The maximum atomic E-state index is 13.0. The molecule has 8 heteroatoms. The Morgan fingerprint density at radius 3 is 2.92 bits per heavy atom. The zero-order chi connectivity index (χ0) is 16.1. The minimum absolute atomic E-state index is 0. The van der Waals surface area contributed by atoms with E-state index in [1.807, 2.05) is 23.1 Å². The number of thioether (sulfide) groups is 1. The summed E-state index contributed by atoms with van der Waals surface area (Å²) in [5, 5.41) is 6.05.